The fourth-order valence-corrected chi connectivity index (χ4v) is 2.24. The van der Waals surface area contributed by atoms with Gasteiger partial charge in [-0.2, -0.15) is 0 Å². The van der Waals surface area contributed by atoms with Gasteiger partial charge >= 0.3 is 0 Å². The molecule has 116 valence electrons. The molecule has 0 saturated heterocycles. The monoisotopic (exact) mass is 308 g/mol. The van der Waals surface area contributed by atoms with E-state index in [1.165, 1.54) is 0 Å². The molecule has 3 N–H and O–H groups in total. The highest BCUT2D eigenvalue weighted by atomic mass is 16.5. The first kappa shape index (κ1) is 14.8. The molecule has 0 unspecified atom stereocenters. The van der Waals surface area contributed by atoms with Gasteiger partial charge in [0.1, 0.15) is 11.3 Å². The molecule has 0 aliphatic rings. The second kappa shape index (κ2) is 5.92. The smallest absolute Gasteiger partial charge is 0.263 e. The summed E-state index contributed by atoms with van der Waals surface area (Å²) in [6.07, 6.45) is 3.23. The minimum Gasteiger partial charge on any atom is -0.367 e. The number of amides is 1. The number of hydrogen-bond acceptors (Lipinski definition) is 5. The van der Waals surface area contributed by atoms with E-state index in [1.54, 1.807) is 24.5 Å². The summed E-state index contributed by atoms with van der Waals surface area (Å²) >= 11 is 0. The third-order valence-corrected chi connectivity index (χ3v) is 3.66. The minimum absolute atomic E-state index is 0.0156. The maximum Gasteiger partial charge on any atom is 0.263 e. The largest absolute Gasteiger partial charge is 0.367 e. The number of nitrogens with zero attached hydrogens (tertiary/aromatic N) is 2. The Hall–Kier alpha value is -3.15. The Morgan fingerprint density at radius 1 is 1.13 bits per heavy atom. The Kier molecular flexibility index (Phi) is 3.80. The van der Waals surface area contributed by atoms with Crippen LogP contribution in [0, 0.1) is 13.8 Å². The predicted molar refractivity (Wildman–Crippen MR) is 88.0 cm³/mol. The van der Waals surface area contributed by atoms with Crippen LogP contribution >= 0.6 is 0 Å². The molecule has 6 heteroatoms. The number of hydrogen-bond donors (Lipinski definition) is 2. The molecule has 0 radical (unpaired) electrons. The number of carbonyl (C=O) groups is 1. The quantitative estimate of drug-likeness (QED) is 0.775. The molecule has 3 rings (SSSR count). The number of nitrogens with one attached hydrogen (secondary N) is 1. The molecule has 0 fully saturated rings. The molecule has 23 heavy (non-hydrogen) atoms. The van der Waals surface area contributed by atoms with Crippen molar-refractivity contribution in [3.05, 3.63) is 59.4 Å². The lowest BCUT2D eigenvalue weighted by Gasteiger charge is -2.08. The first-order valence-corrected chi connectivity index (χ1v) is 7.10. The fraction of sp³-hybridized carbons (Fsp3) is 0.118. The molecule has 1 aromatic carbocycles. The van der Waals surface area contributed by atoms with Crippen molar-refractivity contribution in [3.63, 3.8) is 0 Å². The van der Waals surface area contributed by atoms with Crippen molar-refractivity contribution < 1.29 is 9.32 Å². The second-order valence-corrected chi connectivity index (χ2v) is 5.26. The van der Waals surface area contributed by atoms with E-state index in [-0.39, 0.29) is 17.4 Å². The van der Waals surface area contributed by atoms with Crippen LogP contribution in [0.4, 0.5) is 11.6 Å². The standard InChI is InChI=1S/C17H16N4O2/c1-10-3-4-13(9-11(10)2)20-17(22)14-15(21-23-16(14)18)12-5-7-19-8-6-12/h3-9H,18H2,1-2H3,(H,20,22). The van der Waals surface area contributed by atoms with Gasteiger partial charge in [0.05, 0.1) is 0 Å². The molecule has 6 nitrogen and oxygen atoms in total. The van der Waals surface area contributed by atoms with Crippen LogP contribution in [0.5, 0.6) is 0 Å². The van der Waals surface area contributed by atoms with Crippen LogP contribution in [0.3, 0.4) is 0 Å². The van der Waals surface area contributed by atoms with E-state index in [4.69, 9.17) is 10.3 Å². The van der Waals surface area contributed by atoms with E-state index in [2.05, 4.69) is 15.5 Å². The summed E-state index contributed by atoms with van der Waals surface area (Å²) in [5.74, 6) is -0.378. The van der Waals surface area contributed by atoms with Crippen LogP contribution in [0.2, 0.25) is 0 Å². The van der Waals surface area contributed by atoms with Crippen LogP contribution in [-0.2, 0) is 0 Å². The lowest BCUT2D eigenvalue weighted by atomic mass is 10.1. The number of rotatable bonds is 3. The van der Waals surface area contributed by atoms with E-state index >= 15 is 0 Å². The molecular weight excluding hydrogens is 292 g/mol. The Balaban J connectivity index is 1.94. The van der Waals surface area contributed by atoms with Crippen LogP contribution in [0.1, 0.15) is 21.5 Å². The van der Waals surface area contributed by atoms with Gasteiger partial charge in [0.25, 0.3) is 5.91 Å². The SMILES string of the molecule is Cc1ccc(NC(=O)c2c(-c3ccncc3)noc2N)cc1C. The average Bonchev–Trinajstić information content (AvgIpc) is 2.93. The van der Waals surface area contributed by atoms with Gasteiger partial charge in [-0.3, -0.25) is 9.78 Å². The van der Waals surface area contributed by atoms with Gasteiger partial charge in [0.15, 0.2) is 0 Å². The predicted octanol–water partition coefficient (Wildman–Crippen LogP) is 3.19. The van der Waals surface area contributed by atoms with Gasteiger partial charge in [0.2, 0.25) is 5.88 Å². The van der Waals surface area contributed by atoms with Crippen molar-refractivity contribution in [1.29, 1.82) is 0 Å². The van der Waals surface area contributed by atoms with Crippen molar-refractivity contribution in [2.24, 2.45) is 0 Å². The molecule has 0 aliphatic carbocycles. The Bertz CT molecular complexity index is 856. The minimum atomic E-state index is -0.362. The summed E-state index contributed by atoms with van der Waals surface area (Å²) in [5, 5.41) is 6.72. The van der Waals surface area contributed by atoms with Crippen molar-refractivity contribution in [2.75, 3.05) is 11.1 Å². The zero-order valence-electron chi connectivity index (χ0n) is 12.8. The number of aromatic nitrogens is 2. The maximum absolute atomic E-state index is 12.6. The van der Waals surface area contributed by atoms with Crippen LogP contribution < -0.4 is 11.1 Å². The highest BCUT2D eigenvalue weighted by molar-refractivity contribution is 6.10. The second-order valence-electron chi connectivity index (χ2n) is 5.26. The normalized spacial score (nSPS) is 10.5. The van der Waals surface area contributed by atoms with Crippen LogP contribution in [-0.4, -0.2) is 16.0 Å². The fourth-order valence-electron chi connectivity index (χ4n) is 2.24. The lowest BCUT2D eigenvalue weighted by Crippen LogP contribution is -2.14. The number of carbonyl (C=O) groups excluding carboxylic acids is 1. The molecule has 0 saturated carbocycles. The third kappa shape index (κ3) is 2.91. The Labute approximate surface area is 133 Å². The summed E-state index contributed by atoms with van der Waals surface area (Å²) in [7, 11) is 0. The summed E-state index contributed by atoms with van der Waals surface area (Å²) in [4.78, 5) is 16.5. The summed E-state index contributed by atoms with van der Waals surface area (Å²) < 4.78 is 5.00. The van der Waals surface area contributed by atoms with Crippen LogP contribution in [0.25, 0.3) is 11.3 Å². The molecule has 3 aromatic rings. The molecular formula is C17H16N4O2. The molecule has 0 bridgehead atoms. The number of benzene rings is 1. The van der Waals surface area contributed by atoms with Gasteiger partial charge in [0, 0.05) is 23.6 Å². The van der Waals surface area contributed by atoms with E-state index in [9.17, 15) is 4.79 Å². The first-order valence-electron chi connectivity index (χ1n) is 7.10. The topological polar surface area (TPSA) is 94.0 Å². The van der Waals surface area contributed by atoms with Gasteiger partial charge in [-0.15, -0.1) is 0 Å². The molecule has 2 heterocycles. The molecule has 0 aliphatic heterocycles. The molecule has 0 spiro atoms. The van der Waals surface area contributed by atoms with Crippen molar-refractivity contribution in [1.82, 2.24) is 10.1 Å². The lowest BCUT2D eigenvalue weighted by molar-refractivity contribution is 0.102. The highest BCUT2D eigenvalue weighted by Gasteiger charge is 2.22. The molecule has 0 atom stereocenters. The van der Waals surface area contributed by atoms with Gasteiger partial charge < -0.3 is 15.6 Å². The zero-order valence-corrected chi connectivity index (χ0v) is 12.8. The van der Waals surface area contributed by atoms with E-state index in [1.807, 2.05) is 32.0 Å². The van der Waals surface area contributed by atoms with Crippen molar-refractivity contribution >= 4 is 17.5 Å². The zero-order chi connectivity index (χ0) is 16.4. The average molecular weight is 308 g/mol. The van der Waals surface area contributed by atoms with Crippen molar-refractivity contribution in [3.8, 4) is 11.3 Å². The summed E-state index contributed by atoms with van der Waals surface area (Å²) in [5.41, 5.74) is 10.1. The number of aryl methyl sites for hydroxylation is 2. The number of anilines is 2. The summed E-state index contributed by atoms with van der Waals surface area (Å²) in [6.45, 7) is 4.00. The van der Waals surface area contributed by atoms with E-state index < -0.39 is 0 Å². The van der Waals surface area contributed by atoms with Gasteiger partial charge in [-0.1, -0.05) is 11.2 Å². The van der Waals surface area contributed by atoms with Crippen molar-refractivity contribution in [2.45, 2.75) is 13.8 Å². The van der Waals surface area contributed by atoms with Crippen LogP contribution in [0.15, 0.2) is 47.2 Å². The highest BCUT2D eigenvalue weighted by Crippen LogP contribution is 2.27. The maximum atomic E-state index is 12.6. The first-order chi connectivity index (χ1) is 11.1. The third-order valence-electron chi connectivity index (χ3n) is 3.66. The summed E-state index contributed by atoms with van der Waals surface area (Å²) in [6, 6.07) is 9.18. The molecule has 1 amide bonds. The Morgan fingerprint density at radius 3 is 2.57 bits per heavy atom. The Morgan fingerprint density at radius 2 is 1.87 bits per heavy atom. The van der Waals surface area contributed by atoms with E-state index in [0.29, 0.717) is 16.9 Å². The number of pyridine rings is 1. The number of nitrogen functional groups attached to an aromatic ring is 1. The van der Waals surface area contributed by atoms with Gasteiger partial charge in [-0.05, 0) is 49.2 Å². The molecule has 2 aromatic heterocycles. The number of nitrogens with two attached hydrogens (primary N) is 1. The van der Waals surface area contributed by atoms with Gasteiger partial charge in [-0.25, -0.2) is 0 Å². The van der Waals surface area contributed by atoms with E-state index in [0.717, 1.165) is 11.1 Å².